The van der Waals surface area contributed by atoms with E-state index in [9.17, 15) is 14.0 Å². The first-order valence-corrected chi connectivity index (χ1v) is 8.02. The number of hydrogen-bond donors (Lipinski definition) is 2. The first-order valence-electron chi connectivity index (χ1n) is 8.02. The molecule has 2 N–H and O–H groups in total. The monoisotopic (exact) mass is 326 g/mol. The Labute approximate surface area is 140 Å². The van der Waals surface area contributed by atoms with Crippen LogP contribution in [0.15, 0.2) is 48.5 Å². The van der Waals surface area contributed by atoms with Crippen molar-refractivity contribution >= 4 is 17.5 Å². The van der Waals surface area contributed by atoms with Crippen molar-refractivity contribution in [1.29, 1.82) is 0 Å². The van der Waals surface area contributed by atoms with Crippen molar-refractivity contribution in [3.05, 3.63) is 65.5 Å². The lowest BCUT2D eigenvalue weighted by Gasteiger charge is -2.24. The average Bonchev–Trinajstić information content (AvgIpc) is 2.59. The number of rotatable bonds is 5. The average molecular weight is 326 g/mol. The second kappa shape index (κ2) is 7.25. The van der Waals surface area contributed by atoms with Crippen molar-refractivity contribution in [1.82, 2.24) is 5.32 Å². The van der Waals surface area contributed by atoms with Crippen LogP contribution in [0, 0.1) is 11.7 Å². The standard InChI is InChI=1S/C19H19FN2O2/c20-16-8-5-13(6-9-16)12-21-18(23)10-7-15-11-14-3-1-2-4-17(14)22-19(15)24/h1-6,8-9,15H,7,10-12H2,(H,21,23)(H,22,24)/t15-/m0/s1. The number of halogens is 1. The van der Waals surface area contributed by atoms with E-state index in [0.717, 1.165) is 16.8 Å². The number of carbonyl (C=O) groups excluding carboxylic acids is 2. The molecule has 3 rings (SSSR count). The molecule has 0 unspecified atom stereocenters. The summed E-state index contributed by atoms with van der Waals surface area (Å²) in [5.41, 5.74) is 2.81. The fourth-order valence-electron chi connectivity index (χ4n) is 2.84. The Hall–Kier alpha value is -2.69. The van der Waals surface area contributed by atoms with Crippen LogP contribution in [0.5, 0.6) is 0 Å². The van der Waals surface area contributed by atoms with Gasteiger partial charge in [-0.1, -0.05) is 30.3 Å². The molecule has 24 heavy (non-hydrogen) atoms. The summed E-state index contributed by atoms with van der Waals surface area (Å²) in [6, 6.07) is 13.7. The van der Waals surface area contributed by atoms with Gasteiger partial charge < -0.3 is 10.6 Å². The van der Waals surface area contributed by atoms with Gasteiger partial charge in [0.25, 0.3) is 0 Å². The van der Waals surface area contributed by atoms with Crippen LogP contribution < -0.4 is 10.6 Å². The van der Waals surface area contributed by atoms with E-state index in [-0.39, 0.29) is 23.5 Å². The van der Waals surface area contributed by atoms with Gasteiger partial charge in [0.15, 0.2) is 0 Å². The molecule has 0 radical (unpaired) electrons. The largest absolute Gasteiger partial charge is 0.352 e. The molecular formula is C19H19FN2O2. The van der Waals surface area contributed by atoms with Gasteiger partial charge in [-0.05, 0) is 42.2 Å². The normalized spacial score (nSPS) is 16.2. The Morgan fingerprint density at radius 3 is 2.71 bits per heavy atom. The quantitative estimate of drug-likeness (QED) is 0.887. The summed E-state index contributed by atoms with van der Waals surface area (Å²) in [5, 5.41) is 5.69. The highest BCUT2D eigenvalue weighted by Crippen LogP contribution is 2.27. The van der Waals surface area contributed by atoms with Gasteiger partial charge in [0.1, 0.15) is 5.82 Å². The number of anilines is 1. The molecule has 1 atom stereocenters. The van der Waals surface area contributed by atoms with E-state index in [1.807, 2.05) is 24.3 Å². The van der Waals surface area contributed by atoms with Gasteiger partial charge in [-0.15, -0.1) is 0 Å². The van der Waals surface area contributed by atoms with Crippen molar-refractivity contribution < 1.29 is 14.0 Å². The van der Waals surface area contributed by atoms with E-state index >= 15 is 0 Å². The third-order valence-electron chi connectivity index (χ3n) is 4.24. The molecule has 2 amide bonds. The highest BCUT2D eigenvalue weighted by Gasteiger charge is 2.26. The van der Waals surface area contributed by atoms with E-state index in [4.69, 9.17) is 0 Å². The SMILES string of the molecule is O=C(CC[C@H]1Cc2ccccc2NC1=O)NCc1ccc(F)cc1. The molecule has 0 fully saturated rings. The van der Waals surface area contributed by atoms with Crippen molar-refractivity contribution in [2.24, 2.45) is 5.92 Å². The lowest BCUT2D eigenvalue weighted by molar-refractivity contribution is -0.122. The third kappa shape index (κ3) is 3.98. The number of fused-ring (bicyclic) bond motifs is 1. The number of benzene rings is 2. The zero-order valence-corrected chi connectivity index (χ0v) is 13.2. The molecule has 1 aliphatic heterocycles. The zero-order valence-electron chi connectivity index (χ0n) is 13.2. The molecular weight excluding hydrogens is 307 g/mol. The van der Waals surface area contributed by atoms with Gasteiger partial charge in [-0.3, -0.25) is 9.59 Å². The number of hydrogen-bond acceptors (Lipinski definition) is 2. The predicted molar refractivity (Wildman–Crippen MR) is 89.7 cm³/mol. The Balaban J connectivity index is 1.48. The fraction of sp³-hybridized carbons (Fsp3) is 0.263. The number of carbonyl (C=O) groups is 2. The molecule has 5 heteroatoms. The van der Waals surface area contributed by atoms with Crippen molar-refractivity contribution in [3.63, 3.8) is 0 Å². The third-order valence-corrected chi connectivity index (χ3v) is 4.24. The Bertz CT molecular complexity index is 743. The maximum atomic E-state index is 12.8. The number of para-hydroxylation sites is 1. The molecule has 124 valence electrons. The first-order chi connectivity index (χ1) is 11.6. The summed E-state index contributed by atoms with van der Waals surface area (Å²) in [6.45, 7) is 0.360. The number of nitrogens with one attached hydrogen (secondary N) is 2. The van der Waals surface area contributed by atoms with Crippen LogP contribution >= 0.6 is 0 Å². The first kappa shape index (κ1) is 16.2. The van der Waals surface area contributed by atoms with Gasteiger partial charge in [0.05, 0.1) is 0 Å². The highest BCUT2D eigenvalue weighted by atomic mass is 19.1. The topological polar surface area (TPSA) is 58.2 Å². The summed E-state index contributed by atoms with van der Waals surface area (Å²) in [7, 11) is 0. The molecule has 0 aliphatic carbocycles. The summed E-state index contributed by atoms with van der Waals surface area (Å²) < 4.78 is 12.8. The van der Waals surface area contributed by atoms with Gasteiger partial charge in [0, 0.05) is 24.6 Å². The zero-order chi connectivity index (χ0) is 16.9. The molecule has 1 heterocycles. The lowest BCUT2D eigenvalue weighted by atomic mass is 9.89. The second-order valence-electron chi connectivity index (χ2n) is 5.99. The Morgan fingerprint density at radius 2 is 1.92 bits per heavy atom. The molecule has 0 aromatic heterocycles. The van der Waals surface area contributed by atoms with Crippen LogP contribution in [0.3, 0.4) is 0 Å². The van der Waals surface area contributed by atoms with E-state index in [2.05, 4.69) is 10.6 Å². The summed E-state index contributed by atoms with van der Waals surface area (Å²) >= 11 is 0. The van der Waals surface area contributed by atoms with Crippen molar-refractivity contribution in [2.45, 2.75) is 25.8 Å². The van der Waals surface area contributed by atoms with Crippen LogP contribution in [-0.4, -0.2) is 11.8 Å². The molecule has 2 aromatic rings. The van der Waals surface area contributed by atoms with Crippen LogP contribution in [-0.2, 0) is 22.6 Å². The molecule has 0 saturated carbocycles. The highest BCUT2D eigenvalue weighted by molar-refractivity contribution is 5.96. The van der Waals surface area contributed by atoms with Gasteiger partial charge in [0.2, 0.25) is 11.8 Å². The Kier molecular flexibility index (Phi) is 4.89. The summed E-state index contributed by atoms with van der Waals surface area (Å²) in [6.07, 6.45) is 1.46. The minimum atomic E-state index is -0.298. The summed E-state index contributed by atoms with van der Waals surface area (Å²) in [4.78, 5) is 24.1. The van der Waals surface area contributed by atoms with Crippen molar-refractivity contribution in [2.75, 3.05) is 5.32 Å². The molecule has 1 aliphatic rings. The van der Waals surface area contributed by atoms with E-state index in [1.165, 1.54) is 12.1 Å². The number of amides is 2. The van der Waals surface area contributed by atoms with Crippen LogP contribution in [0.25, 0.3) is 0 Å². The summed E-state index contributed by atoms with van der Waals surface area (Å²) in [5.74, 6) is -0.615. The second-order valence-corrected chi connectivity index (χ2v) is 5.99. The van der Waals surface area contributed by atoms with Gasteiger partial charge >= 0.3 is 0 Å². The van der Waals surface area contributed by atoms with E-state index < -0.39 is 0 Å². The lowest BCUT2D eigenvalue weighted by Crippen LogP contribution is -2.31. The molecule has 0 bridgehead atoms. The van der Waals surface area contributed by atoms with Crippen LogP contribution in [0.2, 0.25) is 0 Å². The minimum Gasteiger partial charge on any atom is -0.352 e. The Morgan fingerprint density at radius 1 is 1.17 bits per heavy atom. The van der Waals surface area contributed by atoms with Crippen LogP contribution in [0.1, 0.15) is 24.0 Å². The molecule has 0 spiro atoms. The molecule has 0 saturated heterocycles. The predicted octanol–water partition coefficient (Wildman–Crippen LogP) is 3.03. The maximum absolute atomic E-state index is 12.8. The van der Waals surface area contributed by atoms with E-state index in [1.54, 1.807) is 12.1 Å². The van der Waals surface area contributed by atoms with E-state index in [0.29, 0.717) is 25.8 Å². The van der Waals surface area contributed by atoms with Crippen LogP contribution in [0.4, 0.5) is 10.1 Å². The van der Waals surface area contributed by atoms with Crippen molar-refractivity contribution in [3.8, 4) is 0 Å². The van der Waals surface area contributed by atoms with Gasteiger partial charge in [-0.2, -0.15) is 0 Å². The maximum Gasteiger partial charge on any atom is 0.227 e. The molecule has 4 nitrogen and oxygen atoms in total. The smallest absolute Gasteiger partial charge is 0.227 e. The molecule has 2 aromatic carbocycles. The minimum absolute atomic E-state index is 0.0277. The van der Waals surface area contributed by atoms with Gasteiger partial charge in [-0.25, -0.2) is 4.39 Å². The fourth-order valence-corrected chi connectivity index (χ4v) is 2.84.